The molecule has 0 saturated heterocycles. The minimum Gasteiger partial charge on any atom is -0.493 e. The third-order valence-electron chi connectivity index (χ3n) is 3.82. The van der Waals surface area contributed by atoms with E-state index in [0.29, 0.717) is 29.2 Å². The first kappa shape index (κ1) is 17.9. The highest BCUT2D eigenvalue weighted by atomic mass is 19.1. The molecule has 0 fully saturated rings. The molecule has 0 aliphatic heterocycles. The van der Waals surface area contributed by atoms with Gasteiger partial charge in [-0.1, -0.05) is 18.2 Å². The van der Waals surface area contributed by atoms with Crippen molar-refractivity contribution in [3.63, 3.8) is 0 Å². The highest BCUT2D eigenvalue weighted by Gasteiger charge is 2.08. The fourth-order valence-electron chi connectivity index (χ4n) is 2.34. The van der Waals surface area contributed by atoms with Crippen LogP contribution in [0.1, 0.15) is 21.5 Å². The molecule has 2 aromatic rings. The first-order chi connectivity index (χ1) is 11.5. The molecule has 128 valence electrons. The zero-order valence-corrected chi connectivity index (χ0v) is 14.2. The smallest absolute Gasteiger partial charge is 0.176 e. The Morgan fingerprint density at radius 2 is 1.83 bits per heavy atom. The highest BCUT2D eigenvalue weighted by molar-refractivity contribution is 5.97. The van der Waals surface area contributed by atoms with E-state index in [2.05, 4.69) is 5.32 Å². The van der Waals surface area contributed by atoms with E-state index < -0.39 is 0 Å². The minimum absolute atomic E-state index is 0.124. The molecule has 24 heavy (non-hydrogen) atoms. The maximum absolute atomic E-state index is 13.5. The van der Waals surface area contributed by atoms with Crippen LogP contribution in [0, 0.1) is 12.7 Å². The maximum atomic E-state index is 13.5. The number of hydrogen-bond acceptors (Lipinski definition) is 4. The van der Waals surface area contributed by atoms with Gasteiger partial charge in [-0.3, -0.25) is 4.79 Å². The van der Waals surface area contributed by atoms with Crippen molar-refractivity contribution in [1.29, 1.82) is 0 Å². The Labute approximate surface area is 141 Å². The number of methoxy groups -OCH3 is 2. The summed E-state index contributed by atoms with van der Waals surface area (Å²) in [4.78, 5) is 12.0. The summed E-state index contributed by atoms with van der Waals surface area (Å²) in [6.07, 6.45) is 0.746. The molecule has 0 aliphatic rings. The molecule has 2 aromatic carbocycles. The Balaban J connectivity index is 1.84. The molecule has 0 radical (unpaired) electrons. The molecule has 0 atom stereocenters. The molecule has 0 aliphatic carbocycles. The lowest BCUT2D eigenvalue weighted by Crippen LogP contribution is -2.25. The van der Waals surface area contributed by atoms with Gasteiger partial charge in [-0.05, 0) is 49.2 Å². The van der Waals surface area contributed by atoms with E-state index in [1.807, 2.05) is 18.2 Å². The molecule has 4 nitrogen and oxygen atoms in total. The first-order valence-corrected chi connectivity index (χ1v) is 7.76. The van der Waals surface area contributed by atoms with E-state index in [-0.39, 0.29) is 18.1 Å². The number of benzene rings is 2. The van der Waals surface area contributed by atoms with E-state index in [1.54, 1.807) is 33.3 Å². The SMILES string of the molecule is COc1ccc(CCNCC(=O)c2ccc(C)c(F)c2)cc1OC. The summed E-state index contributed by atoms with van der Waals surface area (Å²) < 4.78 is 24.0. The van der Waals surface area contributed by atoms with E-state index >= 15 is 0 Å². The summed E-state index contributed by atoms with van der Waals surface area (Å²) >= 11 is 0. The number of carbonyl (C=O) groups is 1. The van der Waals surface area contributed by atoms with Gasteiger partial charge in [0.2, 0.25) is 0 Å². The van der Waals surface area contributed by atoms with E-state index in [0.717, 1.165) is 12.0 Å². The molecule has 0 heterocycles. The lowest BCUT2D eigenvalue weighted by Gasteiger charge is -2.10. The third-order valence-corrected chi connectivity index (χ3v) is 3.82. The molecule has 0 saturated carbocycles. The molecular weight excluding hydrogens is 309 g/mol. The molecule has 2 rings (SSSR count). The molecule has 0 aromatic heterocycles. The van der Waals surface area contributed by atoms with Crippen molar-refractivity contribution < 1.29 is 18.7 Å². The average Bonchev–Trinajstić information content (AvgIpc) is 2.60. The first-order valence-electron chi connectivity index (χ1n) is 7.76. The Morgan fingerprint density at radius 3 is 2.50 bits per heavy atom. The summed E-state index contributed by atoms with van der Waals surface area (Å²) in [5, 5.41) is 3.09. The molecule has 0 spiro atoms. The number of hydrogen-bond donors (Lipinski definition) is 1. The van der Waals surface area contributed by atoms with Gasteiger partial charge in [-0.25, -0.2) is 4.39 Å². The van der Waals surface area contributed by atoms with Gasteiger partial charge in [0.1, 0.15) is 5.82 Å². The Hall–Kier alpha value is -2.40. The van der Waals surface area contributed by atoms with Crippen LogP contribution in [0.2, 0.25) is 0 Å². The normalized spacial score (nSPS) is 10.5. The van der Waals surface area contributed by atoms with Crippen LogP contribution in [0.3, 0.4) is 0 Å². The zero-order chi connectivity index (χ0) is 17.5. The number of halogens is 1. The maximum Gasteiger partial charge on any atom is 0.176 e. The number of ether oxygens (including phenoxy) is 2. The Bertz CT molecular complexity index is 716. The van der Waals surface area contributed by atoms with Crippen molar-refractivity contribution in [2.24, 2.45) is 0 Å². The van der Waals surface area contributed by atoms with Crippen LogP contribution >= 0.6 is 0 Å². The lowest BCUT2D eigenvalue weighted by molar-refractivity contribution is 0.0991. The molecular formula is C19H22FNO3. The number of rotatable bonds is 8. The summed E-state index contributed by atoms with van der Waals surface area (Å²) in [6, 6.07) is 10.3. The number of carbonyl (C=O) groups excluding carboxylic acids is 1. The van der Waals surface area contributed by atoms with Crippen LogP contribution in [0.5, 0.6) is 11.5 Å². The fourth-order valence-corrected chi connectivity index (χ4v) is 2.34. The Kier molecular flexibility index (Phi) is 6.32. The number of Topliss-reactive ketones (excluding diaryl/α,β-unsaturated/α-hetero) is 1. The van der Waals surface area contributed by atoms with Crippen molar-refractivity contribution in [2.75, 3.05) is 27.3 Å². The summed E-state index contributed by atoms with van der Waals surface area (Å²) in [5.41, 5.74) is 2.00. The van der Waals surface area contributed by atoms with Gasteiger partial charge in [0.15, 0.2) is 17.3 Å². The number of aryl methyl sites for hydroxylation is 1. The van der Waals surface area contributed by atoms with Crippen LogP contribution in [-0.2, 0) is 6.42 Å². The second-order valence-electron chi connectivity index (χ2n) is 5.50. The van der Waals surface area contributed by atoms with E-state index in [9.17, 15) is 9.18 Å². The van der Waals surface area contributed by atoms with Crippen LogP contribution < -0.4 is 14.8 Å². The predicted molar refractivity (Wildman–Crippen MR) is 91.6 cm³/mol. The van der Waals surface area contributed by atoms with E-state index in [1.165, 1.54) is 6.07 Å². The molecule has 5 heteroatoms. The van der Waals surface area contributed by atoms with Crippen LogP contribution in [0.4, 0.5) is 4.39 Å². The second-order valence-corrected chi connectivity index (χ2v) is 5.50. The molecule has 0 unspecified atom stereocenters. The van der Waals surface area contributed by atoms with Gasteiger partial charge >= 0.3 is 0 Å². The molecule has 0 amide bonds. The minimum atomic E-state index is -0.355. The van der Waals surface area contributed by atoms with Gasteiger partial charge < -0.3 is 14.8 Å². The largest absolute Gasteiger partial charge is 0.493 e. The van der Waals surface area contributed by atoms with Gasteiger partial charge in [0, 0.05) is 5.56 Å². The van der Waals surface area contributed by atoms with Crippen LogP contribution in [-0.4, -0.2) is 33.1 Å². The van der Waals surface area contributed by atoms with Crippen LogP contribution in [0.15, 0.2) is 36.4 Å². The van der Waals surface area contributed by atoms with Crippen molar-refractivity contribution in [3.8, 4) is 11.5 Å². The summed E-state index contributed by atoms with van der Waals surface area (Å²) in [5.74, 6) is 0.888. The Morgan fingerprint density at radius 1 is 1.08 bits per heavy atom. The summed E-state index contributed by atoms with van der Waals surface area (Å²) in [7, 11) is 3.19. The lowest BCUT2D eigenvalue weighted by atomic mass is 10.1. The highest BCUT2D eigenvalue weighted by Crippen LogP contribution is 2.27. The van der Waals surface area contributed by atoms with Crippen molar-refractivity contribution >= 4 is 5.78 Å². The predicted octanol–water partition coefficient (Wildman–Crippen LogP) is 3.17. The summed E-state index contributed by atoms with van der Waals surface area (Å²) in [6.45, 7) is 2.48. The second kappa shape index (κ2) is 8.45. The third kappa shape index (κ3) is 4.55. The molecule has 1 N–H and O–H groups in total. The van der Waals surface area contributed by atoms with Crippen molar-refractivity contribution in [3.05, 3.63) is 58.9 Å². The number of ketones is 1. The van der Waals surface area contributed by atoms with Crippen molar-refractivity contribution in [2.45, 2.75) is 13.3 Å². The quantitative estimate of drug-likeness (QED) is 0.596. The van der Waals surface area contributed by atoms with Gasteiger partial charge in [-0.2, -0.15) is 0 Å². The van der Waals surface area contributed by atoms with Gasteiger partial charge in [-0.15, -0.1) is 0 Å². The number of nitrogens with one attached hydrogen (secondary N) is 1. The fraction of sp³-hybridized carbons (Fsp3) is 0.316. The average molecular weight is 331 g/mol. The van der Waals surface area contributed by atoms with Gasteiger partial charge in [0.05, 0.1) is 20.8 Å². The van der Waals surface area contributed by atoms with Crippen LogP contribution in [0.25, 0.3) is 0 Å². The van der Waals surface area contributed by atoms with Crippen molar-refractivity contribution in [1.82, 2.24) is 5.32 Å². The van der Waals surface area contributed by atoms with Gasteiger partial charge in [0.25, 0.3) is 0 Å². The molecule has 0 bridgehead atoms. The standard InChI is InChI=1S/C19H22FNO3/c1-13-4-6-15(11-16(13)20)17(22)12-21-9-8-14-5-7-18(23-2)19(10-14)24-3/h4-7,10-11,21H,8-9,12H2,1-3H3. The zero-order valence-electron chi connectivity index (χ0n) is 14.2. The topological polar surface area (TPSA) is 47.6 Å². The van der Waals surface area contributed by atoms with E-state index in [4.69, 9.17) is 9.47 Å². The monoisotopic (exact) mass is 331 g/mol.